The Balaban J connectivity index is 2.31. The van der Waals surface area contributed by atoms with Crippen LogP contribution in [0.3, 0.4) is 0 Å². The Kier molecular flexibility index (Phi) is 4.08. The van der Waals surface area contributed by atoms with E-state index in [2.05, 4.69) is 11.8 Å². The molecule has 0 N–H and O–H groups in total. The topological polar surface area (TPSA) is 19.9 Å². The highest BCUT2D eigenvalue weighted by atomic mass is 16.3. The lowest BCUT2D eigenvalue weighted by Gasteiger charge is -2.03. The Morgan fingerprint density at radius 3 is 2.64 bits per heavy atom. The summed E-state index contributed by atoms with van der Waals surface area (Å²) in [5, 5.41) is 11.0. The predicted molar refractivity (Wildman–Crippen MR) is 44.6 cm³/mol. The van der Waals surface area contributed by atoms with Crippen molar-refractivity contribution in [3.8, 4) is 11.8 Å². The van der Waals surface area contributed by atoms with Crippen LogP contribution in [0.1, 0.15) is 44.9 Å². The van der Waals surface area contributed by atoms with Gasteiger partial charge in [-0.25, -0.2) is 5.11 Å². The first-order chi connectivity index (χ1) is 5.39. The molecule has 1 nitrogen and oxygen atoms in total. The molecule has 11 heavy (non-hydrogen) atoms. The molecule has 0 fully saturated rings. The fourth-order valence-electron chi connectivity index (χ4n) is 1.33. The van der Waals surface area contributed by atoms with Gasteiger partial charge in [-0.15, -0.1) is 5.92 Å². The summed E-state index contributed by atoms with van der Waals surface area (Å²) in [4.78, 5) is 0. The molecule has 0 aromatic rings. The first kappa shape index (κ1) is 8.62. The second-order valence-electron chi connectivity index (χ2n) is 3.12. The van der Waals surface area contributed by atoms with Gasteiger partial charge in [-0.3, -0.25) is 0 Å². The van der Waals surface area contributed by atoms with Crippen LogP contribution in [0.15, 0.2) is 0 Å². The van der Waals surface area contributed by atoms with Crippen molar-refractivity contribution in [2.75, 3.05) is 0 Å². The summed E-state index contributed by atoms with van der Waals surface area (Å²) in [5.41, 5.74) is 0. The Morgan fingerprint density at radius 2 is 1.73 bits per heavy atom. The molecule has 1 heteroatoms. The normalized spacial score (nSPS) is 26.8. The maximum atomic E-state index is 11.0. The van der Waals surface area contributed by atoms with Gasteiger partial charge >= 0.3 is 0 Å². The van der Waals surface area contributed by atoms with E-state index in [4.69, 9.17) is 0 Å². The van der Waals surface area contributed by atoms with E-state index in [1.165, 1.54) is 25.7 Å². The monoisotopic (exact) mass is 151 g/mol. The highest BCUT2D eigenvalue weighted by Gasteiger charge is 2.01. The third-order valence-corrected chi connectivity index (χ3v) is 2.03. The van der Waals surface area contributed by atoms with Crippen LogP contribution < -0.4 is 0 Å². The molecule has 0 bridgehead atoms. The average molecular weight is 151 g/mol. The van der Waals surface area contributed by atoms with Gasteiger partial charge < -0.3 is 0 Å². The molecule has 1 aliphatic rings. The fourth-order valence-corrected chi connectivity index (χ4v) is 1.33. The van der Waals surface area contributed by atoms with Gasteiger partial charge in [-0.05, 0) is 19.3 Å². The van der Waals surface area contributed by atoms with Crippen LogP contribution in [0.5, 0.6) is 0 Å². The van der Waals surface area contributed by atoms with Crippen molar-refractivity contribution in [3.63, 3.8) is 0 Å². The lowest BCUT2D eigenvalue weighted by molar-refractivity contribution is 0.127. The SMILES string of the molecule is [O]C1C#CCCCCCCC1. The van der Waals surface area contributed by atoms with Crippen LogP contribution in [0.4, 0.5) is 0 Å². The number of hydrogen-bond donors (Lipinski definition) is 0. The van der Waals surface area contributed by atoms with E-state index in [0.717, 1.165) is 19.3 Å². The van der Waals surface area contributed by atoms with Crippen molar-refractivity contribution in [3.05, 3.63) is 0 Å². The van der Waals surface area contributed by atoms with Crippen LogP contribution in [-0.4, -0.2) is 6.10 Å². The van der Waals surface area contributed by atoms with Gasteiger partial charge in [-0.2, -0.15) is 0 Å². The minimum Gasteiger partial charge on any atom is -0.219 e. The molecule has 0 aromatic heterocycles. The quantitative estimate of drug-likeness (QED) is 0.474. The molecule has 1 atom stereocenters. The maximum Gasteiger partial charge on any atom is 0.153 e. The lowest BCUT2D eigenvalue weighted by atomic mass is 10.1. The zero-order valence-corrected chi connectivity index (χ0v) is 6.94. The molecule has 0 saturated heterocycles. The van der Waals surface area contributed by atoms with E-state index in [9.17, 15) is 5.11 Å². The highest BCUT2D eigenvalue weighted by molar-refractivity contribution is 5.04. The number of hydrogen-bond acceptors (Lipinski definition) is 0. The molecule has 1 aliphatic carbocycles. The summed E-state index contributed by atoms with van der Waals surface area (Å²) >= 11 is 0. The van der Waals surface area contributed by atoms with Gasteiger partial charge in [0.05, 0.1) is 0 Å². The second kappa shape index (κ2) is 5.21. The first-order valence-electron chi connectivity index (χ1n) is 4.54. The Labute approximate surface area is 68.8 Å². The molecule has 1 radical (unpaired) electrons. The van der Waals surface area contributed by atoms with Crippen molar-refractivity contribution >= 4 is 0 Å². The first-order valence-corrected chi connectivity index (χ1v) is 4.54. The van der Waals surface area contributed by atoms with E-state index in [1.54, 1.807) is 0 Å². The van der Waals surface area contributed by atoms with Gasteiger partial charge in [0.1, 0.15) is 0 Å². The summed E-state index contributed by atoms with van der Waals surface area (Å²) in [7, 11) is 0. The smallest absolute Gasteiger partial charge is 0.153 e. The third-order valence-electron chi connectivity index (χ3n) is 2.03. The summed E-state index contributed by atoms with van der Waals surface area (Å²) < 4.78 is 0. The van der Waals surface area contributed by atoms with Gasteiger partial charge in [0.15, 0.2) is 6.10 Å². The molecule has 0 aromatic carbocycles. The summed E-state index contributed by atoms with van der Waals surface area (Å²) in [6.45, 7) is 0. The zero-order chi connectivity index (χ0) is 7.94. The Hall–Kier alpha value is -0.480. The zero-order valence-electron chi connectivity index (χ0n) is 6.94. The Morgan fingerprint density at radius 1 is 1.00 bits per heavy atom. The molecule has 0 amide bonds. The van der Waals surface area contributed by atoms with Crippen molar-refractivity contribution in [1.29, 1.82) is 0 Å². The molecule has 1 rings (SSSR count). The second-order valence-corrected chi connectivity index (χ2v) is 3.12. The van der Waals surface area contributed by atoms with Crippen LogP contribution in [0, 0.1) is 11.8 Å². The van der Waals surface area contributed by atoms with E-state index in [1.807, 2.05) is 0 Å². The van der Waals surface area contributed by atoms with E-state index >= 15 is 0 Å². The van der Waals surface area contributed by atoms with E-state index in [-0.39, 0.29) is 0 Å². The molecule has 1 unspecified atom stereocenters. The van der Waals surface area contributed by atoms with Crippen molar-refractivity contribution in [1.82, 2.24) is 0 Å². The maximum absolute atomic E-state index is 11.0. The highest BCUT2D eigenvalue weighted by Crippen LogP contribution is 2.10. The minimum absolute atomic E-state index is 0.604. The largest absolute Gasteiger partial charge is 0.219 e. The lowest BCUT2D eigenvalue weighted by Crippen LogP contribution is -2.00. The molecule has 0 saturated carbocycles. The molecule has 0 aliphatic heterocycles. The van der Waals surface area contributed by atoms with Crippen LogP contribution in [-0.2, 0) is 5.11 Å². The van der Waals surface area contributed by atoms with Gasteiger partial charge in [0.25, 0.3) is 0 Å². The van der Waals surface area contributed by atoms with Crippen molar-refractivity contribution < 1.29 is 5.11 Å². The minimum atomic E-state index is -0.604. The molecular weight excluding hydrogens is 136 g/mol. The van der Waals surface area contributed by atoms with E-state index in [0.29, 0.717) is 0 Å². The van der Waals surface area contributed by atoms with Crippen molar-refractivity contribution in [2.24, 2.45) is 0 Å². The summed E-state index contributed by atoms with van der Waals surface area (Å²) in [6, 6.07) is 0. The Bertz CT molecular complexity index is 152. The molecule has 0 heterocycles. The molecule has 61 valence electrons. The average Bonchev–Trinajstić information content (AvgIpc) is 2.03. The fraction of sp³-hybridized carbons (Fsp3) is 0.800. The summed E-state index contributed by atoms with van der Waals surface area (Å²) in [5.74, 6) is 5.69. The van der Waals surface area contributed by atoms with Gasteiger partial charge in [0.2, 0.25) is 0 Å². The molecular formula is C10H15O. The van der Waals surface area contributed by atoms with Crippen LogP contribution in [0.25, 0.3) is 0 Å². The van der Waals surface area contributed by atoms with Crippen molar-refractivity contribution in [2.45, 2.75) is 51.0 Å². The summed E-state index contributed by atoms with van der Waals surface area (Å²) in [6.07, 6.45) is 7.13. The van der Waals surface area contributed by atoms with Crippen LogP contribution in [0.2, 0.25) is 0 Å². The molecule has 0 spiro atoms. The van der Waals surface area contributed by atoms with Gasteiger partial charge in [-0.1, -0.05) is 25.2 Å². The third kappa shape index (κ3) is 4.06. The van der Waals surface area contributed by atoms with Gasteiger partial charge in [0, 0.05) is 6.42 Å². The standard InChI is InChI=1S/C10H15O/c11-10-8-6-4-2-1-3-5-7-9-10/h10H,1-6,8H2. The number of rotatable bonds is 0. The van der Waals surface area contributed by atoms with E-state index < -0.39 is 6.10 Å². The predicted octanol–water partition coefficient (Wildman–Crippen LogP) is 2.53. The van der Waals surface area contributed by atoms with Crippen LogP contribution >= 0.6 is 0 Å².